The lowest BCUT2D eigenvalue weighted by molar-refractivity contribution is -0.386. The van der Waals surface area contributed by atoms with Crippen LogP contribution >= 0.6 is 0 Å². The van der Waals surface area contributed by atoms with E-state index in [-0.39, 0.29) is 18.1 Å². The molecular formula is C13H18N4O3. The van der Waals surface area contributed by atoms with Gasteiger partial charge in [-0.2, -0.15) is 0 Å². The van der Waals surface area contributed by atoms with Crippen molar-refractivity contribution in [3.8, 4) is 0 Å². The predicted molar refractivity (Wildman–Crippen MR) is 73.2 cm³/mol. The number of aryl methyl sites for hydroxylation is 1. The van der Waals surface area contributed by atoms with E-state index < -0.39 is 4.92 Å². The zero-order chi connectivity index (χ0) is 14.7. The van der Waals surface area contributed by atoms with Crippen LogP contribution in [0.5, 0.6) is 0 Å². The molecule has 1 aliphatic rings. The molecule has 1 saturated carbocycles. The number of nitro groups is 1. The second-order valence-electron chi connectivity index (χ2n) is 5.06. The molecule has 20 heavy (non-hydrogen) atoms. The Balaban J connectivity index is 1.93. The summed E-state index contributed by atoms with van der Waals surface area (Å²) < 4.78 is 0. The summed E-state index contributed by atoms with van der Waals surface area (Å²) in [6, 6.07) is 0.338. The van der Waals surface area contributed by atoms with Gasteiger partial charge < -0.3 is 10.6 Å². The lowest BCUT2D eigenvalue weighted by Gasteiger charge is -2.09. The minimum Gasteiger partial charge on any atom is -0.352 e. The van der Waals surface area contributed by atoms with Crippen molar-refractivity contribution >= 4 is 11.6 Å². The Hall–Kier alpha value is -2.02. The van der Waals surface area contributed by atoms with Gasteiger partial charge in [-0.25, -0.2) is 0 Å². The molecule has 7 nitrogen and oxygen atoms in total. The average molecular weight is 278 g/mol. The molecule has 1 aromatic heterocycles. The highest BCUT2D eigenvalue weighted by Gasteiger charge is 2.23. The number of rotatable bonds is 6. The van der Waals surface area contributed by atoms with Crippen molar-refractivity contribution in [1.82, 2.24) is 15.6 Å². The summed E-state index contributed by atoms with van der Waals surface area (Å²) in [7, 11) is 0. The predicted octanol–water partition coefficient (Wildman–Crippen LogP) is 0.975. The van der Waals surface area contributed by atoms with Gasteiger partial charge in [0.05, 0.1) is 17.2 Å². The first kappa shape index (κ1) is 14.4. The van der Waals surface area contributed by atoms with E-state index in [0.717, 1.165) is 12.8 Å². The van der Waals surface area contributed by atoms with Crippen LogP contribution in [-0.4, -0.2) is 28.4 Å². The molecule has 1 aliphatic carbocycles. The lowest BCUT2D eigenvalue weighted by atomic mass is 10.1. The maximum Gasteiger partial charge on any atom is 0.278 e. The summed E-state index contributed by atoms with van der Waals surface area (Å²) >= 11 is 0. The minimum absolute atomic E-state index is 0.0493. The fourth-order valence-electron chi connectivity index (χ4n) is 2.03. The molecule has 7 heteroatoms. The van der Waals surface area contributed by atoms with Crippen LogP contribution in [0, 0.1) is 24.0 Å². The fourth-order valence-corrected chi connectivity index (χ4v) is 2.03. The third kappa shape index (κ3) is 3.51. The van der Waals surface area contributed by atoms with E-state index in [1.165, 1.54) is 6.20 Å². The monoisotopic (exact) mass is 278 g/mol. The lowest BCUT2D eigenvalue weighted by Crippen LogP contribution is -2.35. The zero-order valence-corrected chi connectivity index (χ0v) is 11.6. The summed E-state index contributed by atoms with van der Waals surface area (Å²) in [4.78, 5) is 26.3. The van der Waals surface area contributed by atoms with Crippen LogP contribution in [0.1, 0.15) is 29.7 Å². The highest BCUT2D eigenvalue weighted by atomic mass is 16.6. The standard InChI is InChI=1S/C13H18N4O3/c1-8-5-15-11(9(2)13(8)17(19)20)6-14-7-12(18)16-10-3-4-10/h5,10,14H,3-4,6-7H2,1-2H3,(H,16,18). The third-order valence-corrected chi connectivity index (χ3v) is 3.28. The maximum absolute atomic E-state index is 11.5. The van der Waals surface area contributed by atoms with Gasteiger partial charge in [-0.05, 0) is 26.7 Å². The zero-order valence-electron chi connectivity index (χ0n) is 11.6. The number of carbonyl (C=O) groups is 1. The first-order valence-corrected chi connectivity index (χ1v) is 6.58. The SMILES string of the molecule is Cc1cnc(CNCC(=O)NC2CC2)c(C)c1[N+](=O)[O-]. The Kier molecular flexibility index (Phi) is 4.29. The maximum atomic E-state index is 11.5. The Morgan fingerprint density at radius 1 is 1.50 bits per heavy atom. The highest BCUT2D eigenvalue weighted by molar-refractivity contribution is 5.78. The smallest absolute Gasteiger partial charge is 0.278 e. The molecule has 0 unspecified atom stereocenters. The van der Waals surface area contributed by atoms with E-state index in [2.05, 4.69) is 15.6 Å². The van der Waals surface area contributed by atoms with E-state index in [9.17, 15) is 14.9 Å². The number of pyridine rings is 1. The molecule has 0 saturated heterocycles. The topological polar surface area (TPSA) is 97.2 Å². The summed E-state index contributed by atoms with van der Waals surface area (Å²) in [5, 5.41) is 16.8. The number of hydrogen-bond acceptors (Lipinski definition) is 5. The van der Waals surface area contributed by atoms with Crippen LogP contribution in [0.2, 0.25) is 0 Å². The van der Waals surface area contributed by atoms with Crippen molar-refractivity contribution in [3.63, 3.8) is 0 Å². The second-order valence-corrected chi connectivity index (χ2v) is 5.06. The molecule has 0 atom stereocenters. The molecule has 1 heterocycles. The molecular weight excluding hydrogens is 260 g/mol. The van der Waals surface area contributed by atoms with Crippen LogP contribution in [0.4, 0.5) is 5.69 Å². The van der Waals surface area contributed by atoms with E-state index in [1.54, 1.807) is 13.8 Å². The van der Waals surface area contributed by atoms with Crippen molar-refractivity contribution in [2.24, 2.45) is 0 Å². The fraction of sp³-hybridized carbons (Fsp3) is 0.538. The largest absolute Gasteiger partial charge is 0.352 e. The van der Waals surface area contributed by atoms with Crippen molar-refractivity contribution in [1.29, 1.82) is 0 Å². The van der Waals surface area contributed by atoms with Crippen molar-refractivity contribution in [2.45, 2.75) is 39.3 Å². The molecule has 0 aromatic carbocycles. The molecule has 2 N–H and O–H groups in total. The van der Waals surface area contributed by atoms with Gasteiger partial charge in [0, 0.05) is 29.9 Å². The van der Waals surface area contributed by atoms with Gasteiger partial charge in [-0.1, -0.05) is 0 Å². The molecule has 0 spiro atoms. The molecule has 1 fully saturated rings. The average Bonchev–Trinajstić information content (AvgIpc) is 3.15. The van der Waals surface area contributed by atoms with Crippen molar-refractivity contribution < 1.29 is 9.72 Å². The van der Waals surface area contributed by atoms with Crippen LogP contribution < -0.4 is 10.6 Å². The molecule has 0 aliphatic heterocycles. The highest BCUT2D eigenvalue weighted by Crippen LogP contribution is 2.23. The number of amides is 1. The van der Waals surface area contributed by atoms with Crippen LogP contribution in [-0.2, 0) is 11.3 Å². The van der Waals surface area contributed by atoms with E-state index in [4.69, 9.17) is 0 Å². The number of aromatic nitrogens is 1. The Labute approximate surface area is 116 Å². The van der Waals surface area contributed by atoms with E-state index in [0.29, 0.717) is 29.4 Å². The van der Waals surface area contributed by atoms with Gasteiger partial charge in [0.1, 0.15) is 0 Å². The normalized spacial score (nSPS) is 14.1. The molecule has 1 amide bonds. The number of nitrogens with one attached hydrogen (secondary N) is 2. The van der Waals surface area contributed by atoms with Gasteiger partial charge in [0.15, 0.2) is 0 Å². The summed E-state index contributed by atoms with van der Waals surface area (Å²) in [5.74, 6) is -0.0493. The van der Waals surface area contributed by atoms with Crippen molar-refractivity contribution in [2.75, 3.05) is 6.54 Å². The molecule has 108 valence electrons. The van der Waals surface area contributed by atoms with Gasteiger partial charge in [-0.3, -0.25) is 19.9 Å². The van der Waals surface area contributed by atoms with E-state index >= 15 is 0 Å². The number of carbonyl (C=O) groups excluding carboxylic acids is 1. The molecule has 1 aromatic rings. The van der Waals surface area contributed by atoms with Crippen LogP contribution in [0.15, 0.2) is 6.20 Å². The number of nitrogens with zero attached hydrogens (tertiary/aromatic N) is 2. The molecule has 2 rings (SSSR count). The first-order chi connectivity index (χ1) is 9.49. The molecule has 0 bridgehead atoms. The summed E-state index contributed by atoms with van der Waals surface area (Å²) in [5.41, 5.74) is 1.79. The van der Waals surface area contributed by atoms with Gasteiger partial charge in [0.25, 0.3) is 5.69 Å². The second kappa shape index (κ2) is 5.96. The van der Waals surface area contributed by atoms with Gasteiger partial charge >= 0.3 is 0 Å². The third-order valence-electron chi connectivity index (χ3n) is 3.28. The quantitative estimate of drug-likeness (QED) is 0.597. The van der Waals surface area contributed by atoms with Gasteiger partial charge in [-0.15, -0.1) is 0 Å². The first-order valence-electron chi connectivity index (χ1n) is 6.58. The Morgan fingerprint density at radius 2 is 2.20 bits per heavy atom. The Bertz CT molecular complexity index is 541. The van der Waals surface area contributed by atoms with E-state index in [1.807, 2.05) is 0 Å². The van der Waals surface area contributed by atoms with Gasteiger partial charge in [0.2, 0.25) is 5.91 Å². The number of hydrogen-bond donors (Lipinski definition) is 2. The van der Waals surface area contributed by atoms with Crippen LogP contribution in [0.25, 0.3) is 0 Å². The van der Waals surface area contributed by atoms with Crippen LogP contribution in [0.3, 0.4) is 0 Å². The molecule has 0 radical (unpaired) electrons. The summed E-state index contributed by atoms with van der Waals surface area (Å²) in [6.07, 6.45) is 3.60. The summed E-state index contributed by atoms with van der Waals surface area (Å²) in [6.45, 7) is 3.88. The Morgan fingerprint density at radius 3 is 2.80 bits per heavy atom. The minimum atomic E-state index is -0.393. The van der Waals surface area contributed by atoms with Crippen molar-refractivity contribution in [3.05, 3.63) is 33.1 Å².